The van der Waals surface area contributed by atoms with Crippen LogP contribution in [0.2, 0.25) is 0 Å². The molecule has 1 aromatic heterocycles. The molecule has 2 saturated carbocycles. The number of nitrogens with zero attached hydrogens (tertiary/aromatic N) is 2. The molecule has 0 aromatic carbocycles. The Balaban J connectivity index is 1.64. The Bertz CT molecular complexity index is 454. The molecule has 4 nitrogen and oxygen atoms in total. The second-order valence-corrected chi connectivity index (χ2v) is 7.28. The lowest BCUT2D eigenvalue weighted by Gasteiger charge is -2.21. The molecule has 1 N–H and O–H groups in total. The van der Waals surface area contributed by atoms with E-state index < -0.39 is 0 Å². The van der Waals surface area contributed by atoms with Gasteiger partial charge < -0.3 is 15.0 Å². The van der Waals surface area contributed by atoms with Gasteiger partial charge in [0.25, 0.3) is 0 Å². The molecule has 0 saturated heterocycles. The first-order chi connectivity index (χ1) is 10.3. The Labute approximate surface area is 131 Å². The van der Waals surface area contributed by atoms with Crippen LogP contribution < -0.4 is 10.2 Å². The predicted molar refractivity (Wildman–Crippen MR) is 88.2 cm³/mol. The van der Waals surface area contributed by atoms with Gasteiger partial charge in [0.05, 0.1) is 12.3 Å². The monoisotopic (exact) mass is 309 g/mol. The van der Waals surface area contributed by atoms with Crippen molar-refractivity contribution in [3.05, 3.63) is 10.6 Å². The highest BCUT2D eigenvalue weighted by atomic mass is 32.1. The maximum Gasteiger partial charge on any atom is 0.186 e. The van der Waals surface area contributed by atoms with Crippen LogP contribution in [0.4, 0.5) is 5.13 Å². The summed E-state index contributed by atoms with van der Waals surface area (Å²) in [5, 5.41) is 4.72. The molecule has 3 rings (SSSR count). The average Bonchev–Trinajstić information content (AvgIpc) is 3.39. The molecule has 0 unspecified atom stereocenters. The van der Waals surface area contributed by atoms with Gasteiger partial charge >= 0.3 is 0 Å². The molecule has 2 aliphatic carbocycles. The molecule has 0 radical (unpaired) electrons. The van der Waals surface area contributed by atoms with E-state index in [2.05, 4.69) is 17.1 Å². The minimum absolute atomic E-state index is 0.767. The number of nitrogens with one attached hydrogen (secondary N) is 1. The molecule has 0 amide bonds. The Morgan fingerprint density at radius 1 is 1.33 bits per heavy atom. The summed E-state index contributed by atoms with van der Waals surface area (Å²) in [6.45, 7) is 6.04. The minimum atomic E-state index is 0.767. The topological polar surface area (TPSA) is 37.4 Å². The van der Waals surface area contributed by atoms with Gasteiger partial charge in [-0.05, 0) is 38.0 Å². The Kier molecular flexibility index (Phi) is 5.14. The number of hydrogen-bond acceptors (Lipinski definition) is 5. The van der Waals surface area contributed by atoms with Crippen molar-refractivity contribution in [2.75, 3.05) is 31.7 Å². The van der Waals surface area contributed by atoms with Crippen molar-refractivity contribution in [3.8, 4) is 0 Å². The number of aromatic nitrogens is 1. The van der Waals surface area contributed by atoms with Crippen molar-refractivity contribution in [1.82, 2.24) is 10.3 Å². The minimum Gasteiger partial charge on any atom is -0.383 e. The van der Waals surface area contributed by atoms with Gasteiger partial charge in [0.15, 0.2) is 5.13 Å². The summed E-state index contributed by atoms with van der Waals surface area (Å²) in [6, 6.07) is 0.774. The Morgan fingerprint density at radius 2 is 2.14 bits per heavy atom. The molecule has 2 fully saturated rings. The summed E-state index contributed by atoms with van der Waals surface area (Å²) < 4.78 is 5.09. The third kappa shape index (κ3) is 4.18. The summed E-state index contributed by atoms with van der Waals surface area (Å²) >= 11 is 1.90. The third-order valence-electron chi connectivity index (χ3n) is 4.26. The van der Waals surface area contributed by atoms with Crippen molar-refractivity contribution in [3.63, 3.8) is 0 Å². The van der Waals surface area contributed by atoms with Gasteiger partial charge in [-0.25, -0.2) is 4.98 Å². The SMILES string of the molecule is CCc1nc(N(CC2CC2)C2CC2)sc1CNCCOC. The van der Waals surface area contributed by atoms with E-state index in [1.54, 1.807) is 7.11 Å². The van der Waals surface area contributed by atoms with Crippen molar-refractivity contribution in [2.45, 2.75) is 51.6 Å². The van der Waals surface area contributed by atoms with E-state index in [1.807, 2.05) is 11.3 Å². The zero-order valence-electron chi connectivity index (χ0n) is 13.2. The van der Waals surface area contributed by atoms with Crippen molar-refractivity contribution >= 4 is 16.5 Å². The highest BCUT2D eigenvalue weighted by Gasteiger charge is 2.35. The van der Waals surface area contributed by atoms with Gasteiger partial charge in [-0.3, -0.25) is 0 Å². The average molecular weight is 309 g/mol. The maximum absolute atomic E-state index is 5.09. The first kappa shape index (κ1) is 15.3. The fraction of sp³-hybridized carbons (Fsp3) is 0.812. The van der Waals surface area contributed by atoms with Crippen LogP contribution in [0.5, 0.6) is 0 Å². The van der Waals surface area contributed by atoms with Crippen LogP contribution in [0.3, 0.4) is 0 Å². The molecule has 0 atom stereocenters. The summed E-state index contributed by atoms with van der Waals surface area (Å²) in [5.74, 6) is 0.933. The Hall–Kier alpha value is -0.650. The van der Waals surface area contributed by atoms with Crippen LogP contribution in [0.15, 0.2) is 0 Å². The summed E-state index contributed by atoms with van der Waals surface area (Å²) in [4.78, 5) is 8.95. The molecular weight excluding hydrogens is 282 g/mol. The quantitative estimate of drug-likeness (QED) is 0.674. The maximum atomic E-state index is 5.09. The van der Waals surface area contributed by atoms with E-state index in [4.69, 9.17) is 9.72 Å². The second kappa shape index (κ2) is 7.07. The number of rotatable bonds is 10. The highest BCUT2D eigenvalue weighted by Crippen LogP contribution is 2.39. The molecule has 1 aromatic rings. The first-order valence-corrected chi connectivity index (χ1v) is 9.08. The molecule has 118 valence electrons. The van der Waals surface area contributed by atoms with E-state index in [-0.39, 0.29) is 0 Å². The van der Waals surface area contributed by atoms with Crippen LogP contribution in [0.25, 0.3) is 0 Å². The van der Waals surface area contributed by atoms with Gasteiger partial charge in [-0.1, -0.05) is 6.92 Å². The molecule has 5 heteroatoms. The number of hydrogen-bond donors (Lipinski definition) is 1. The molecule has 21 heavy (non-hydrogen) atoms. The van der Waals surface area contributed by atoms with Crippen LogP contribution in [0.1, 0.15) is 43.2 Å². The summed E-state index contributed by atoms with van der Waals surface area (Å²) in [6.07, 6.45) is 6.57. The smallest absolute Gasteiger partial charge is 0.186 e. The third-order valence-corrected chi connectivity index (χ3v) is 5.39. The summed E-state index contributed by atoms with van der Waals surface area (Å²) in [5.41, 5.74) is 1.28. The van der Waals surface area contributed by atoms with Gasteiger partial charge in [-0.15, -0.1) is 11.3 Å². The van der Waals surface area contributed by atoms with Crippen molar-refractivity contribution in [2.24, 2.45) is 5.92 Å². The van der Waals surface area contributed by atoms with E-state index in [0.717, 1.165) is 38.1 Å². The van der Waals surface area contributed by atoms with E-state index in [1.165, 1.54) is 47.9 Å². The number of thiazole rings is 1. The molecular formula is C16H27N3OS. The molecule has 0 spiro atoms. The van der Waals surface area contributed by atoms with E-state index in [9.17, 15) is 0 Å². The molecule has 2 aliphatic rings. The zero-order valence-corrected chi connectivity index (χ0v) is 14.0. The lowest BCUT2D eigenvalue weighted by Crippen LogP contribution is -2.27. The largest absolute Gasteiger partial charge is 0.383 e. The highest BCUT2D eigenvalue weighted by molar-refractivity contribution is 7.15. The molecule has 0 bridgehead atoms. The van der Waals surface area contributed by atoms with Crippen LogP contribution >= 0.6 is 11.3 Å². The van der Waals surface area contributed by atoms with Gasteiger partial charge in [0.1, 0.15) is 0 Å². The second-order valence-electron chi connectivity index (χ2n) is 6.22. The zero-order chi connectivity index (χ0) is 14.7. The molecule has 1 heterocycles. The standard InChI is InChI=1S/C16H27N3OS/c1-3-14-15(10-17-8-9-20-2)21-16(18-14)19(13-6-7-13)11-12-4-5-12/h12-13,17H,3-11H2,1-2H3. The van der Waals surface area contributed by atoms with Crippen molar-refractivity contribution < 1.29 is 4.74 Å². The number of aryl methyl sites for hydroxylation is 1. The van der Waals surface area contributed by atoms with Crippen LogP contribution in [0, 0.1) is 5.92 Å². The first-order valence-electron chi connectivity index (χ1n) is 8.26. The number of anilines is 1. The van der Waals surface area contributed by atoms with Gasteiger partial charge in [0, 0.05) is 37.7 Å². The fourth-order valence-electron chi connectivity index (χ4n) is 2.63. The van der Waals surface area contributed by atoms with Crippen LogP contribution in [-0.4, -0.2) is 37.8 Å². The normalized spacial score (nSPS) is 18.2. The fourth-order valence-corrected chi connectivity index (χ4v) is 3.83. The van der Waals surface area contributed by atoms with E-state index >= 15 is 0 Å². The van der Waals surface area contributed by atoms with Gasteiger partial charge in [0.2, 0.25) is 0 Å². The van der Waals surface area contributed by atoms with Gasteiger partial charge in [-0.2, -0.15) is 0 Å². The lowest BCUT2D eigenvalue weighted by atomic mass is 10.3. The predicted octanol–water partition coefficient (Wildman–Crippen LogP) is 2.82. The van der Waals surface area contributed by atoms with Crippen molar-refractivity contribution in [1.29, 1.82) is 0 Å². The number of ether oxygens (including phenoxy) is 1. The lowest BCUT2D eigenvalue weighted by molar-refractivity contribution is 0.199. The number of methoxy groups -OCH3 is 1. The Morgan fingerprint density at radius 3 is 2.76 bits per heavy atom. The van der Waals surface area contributed by atoms with E-state index in [0.29, 0.717) is 0 Å². The molecule has 0 aliphatic heterocycles. The van der Waals surface area contributed by atoms with Crippen LogP contribution in [-0.2, 0) is 17.7 Å². The summed E-state index contributed by atoms with van der Waals surface area (Å²) in [7, 11) is 1.75.